The van der Waals surface area contributed by atoms with E-state index in [1.807, 2.05) is 13.8 Å². The Hall–Kier alpha value is -4.40. The number of nitrogens with one attached hydrogen (secondary N) is 2. The van der Waals surface area contributed by atoms with Gasteiger partial charge in [-0.25, -0.2) is 4.79 Å². The summed E-state index contributed by atoms with van der Waals surface area (Å²) in [6.07, 6.45) is 3.00. The zero-order chi connectivity index (χ0) is 25.5. The van der Waals surface area contributed by atoms with Crippen LogP contribution in [0.3, 0.4) is 0 Å². The van der Waals surface area contributed by atoms with E-state index in [-0.39, 0.29) is 53.3 Å². The summed E-state index contributed by atoms with van der Waals surface area (Å²) in [6, 6.07) is 10.5. The third-order valence-corrected chi connectivity index (χ3v) is 4.97. The molecule has 0 spiro atoms. The molecule has 2 amide bonds. The number of carbonyl (C=O) groups excluding carboxylic acids is 3. The number of carboxylic acid groups (broad SMARTS) is 1. The molecule has 0 aliphatic heterocycles. The van der Waals surface area contributed by atoms with Crippen LogP contribution in [0.25, 0.3) is 11.1 Å². The number of Topliss-reactive ketones (excluding diaryl/α,β-unsaturated/α-hetero) is 1. The fourth-order valence-corrected chi connectivity index (χ4v) is 3.29. The molecule has 0 fully saturated rings. The van der Waals surface area contributed by atoms with Crippen molar-refractivity contribution >= 4 is 29.3 Å². The van der Waals surface area contributed by atoms with E-state index in [1.165, 1.54) is 49.8 Å². The highest BCUT2D eigenvalue weighted by atomic mass is 16.5. The van der Waals surface area contributed by atoms with E-state index >= 15 is 0 Å². The van der Waals surface area contributed by atoms with Crippen LogP contribution >= 0.6 is 0 Å². The molecule has 182 valence electrons. The van der Waals surface area contributed by atoms with Crippen molar-refractivity contribution in [2.24, 2.45) is 0 Å². The molecule has 3 aromatic rings. The lowest BCUT2D eigenvalue weighted by Crippen LogP contribution is -2.31. The van der Waals surface area contributed by atoms with E-state index in [1.54, 1.807) is 12.1 Å². The van der Waals surface area contributed by atoms with Crippen molar-refractivity contribution in [1.29, 1.82) is 0 Å². The number of carbonyl (C=O) groups is 4. The maximum atomic E-state index is 13.1. The quantitative estimate of drug-likeness (QED) is 0.368. The number of anilines is 1. The Morgan fingerprint density at radius 1 is 0.971 bits per heavy atom. The first kappa shape index (κ1) is 25.2. The molecule has 3 N–H and O–H groups in total. The number of hydrogen-bond acceptors (Lipinski definition) is 6. The van der Waals surface area contributed by atoms with Crippen molar-refractivity contribution in [2.75, 3.05) is 11.9 Å². The second-order valence-corrected chi connectivity index (χ2v) is 8.16. The summed E-state index contributed by atoms with van der Waals surface area (Å²) in [5.41, 5.74) is 1.70. The van der Waals surface area contributed by atoms with E-state index in [9.17, 15) is 24.3 Å². The average Bonchev–Trinajstić information content (AvgIpc) is 3.34. The topological polar surface area (TPSA) is 135 Å². The Morgan fingerprint density at radius 3 is 2.34 bits per heavy atom. The van der Waals surface area contributed by atoms with Gasteiger partial charge in [0, 0.05) is 22.7 Å². The maximum Gasteiger partial charge on any atom is 0.335 e. The van der Waals surface area contributed by atoms with E-state index in [0.29, 0.717) is 16.7 Å². The molecule has 2 aromatic carbocycles. The largest absolute Gasteiger partial charge is 0.491 e. The van der Waals surface area contributed by atoms with Crippen LogP contribution in [0, 0.1) is 0 Å². The second-order valence-electron chi connectivity index (χ2n) is 8.16. The number of ether oxygens (including phenoxy) is 1. The molecular weight excluding hydrogens is 452 g/mol. The van der Waals surface area contributed by atoms with Gasteiger partial charge in [0.1, 0.15) is 5.75 Å². The van der Waals surface area contributed by atoms with Crippen LogP contribution < -0.4 is 15.4 Å². The van der Waals surface area contributed by atoms with Crippen LogP contribution in [0.1, 0.15) is 58.3 Å². The number of hydrogen-bond donors (Lipinski definition) is 3. The van der Waals surface area contributed by atoms with Crippen LogP contribution in [-0.4, -0.2) is 41.3 Å². The standard InChI is InChI=1S/C26H26N2O7/c1-15(2)27-24(30)7-9-35-23-5-4-17(16(3)29)13-22(23)28-25(31)20-10-19(18-6-8-34-14-18)11-21(12-20)26(32)33/h4-6,8,10-15H,7,9H2,1-3H3,(H,27,30)(H,28,31)(H,32,33). The van der Waals surface area contributed by atoms with Gasteiger partial charge in [-0.1, -0.05) is 0 Å². The smallest absolute Gasteiger partial charge is 0.335 e. The summed E-state index contributed by atoms with van der Waals surface area (Å²) in [7, 11) is 0. The molecule has 0 bridgehead atoms. The molecule has 9 heteroatoms. The van der Waals surface area contributed by atoms with Gasteiger partial charge in [-0.15, -0.1) is 0 Å². The summed E-state index contributed by atoms with van der Waals surface area (Å²) in [4.78, 5) is 48.5. The number of furan rings is 1. The van der Waals surface area contributed by atoms with E-state index in [4.69, 9.17) is 9.15 Å². The van der Waals surface area contributed by atoms with Gasteiger partial charge < -0.3 is 24.9 Å². The predicted octanol–water partition coefficient (Wildman–Crippen LogP) is 4.39. The zero-order valence-electron chi connectivity index (χ0n) is 19.6. The molecule has 0 unspecified atom stereocenters. The fraction of sp³-hybridized carbons (Fsp3) is 0.231. The molecule has 1 heterocycles. The van der Waals surface area contributed by atoms with Crippen LogP contribution in [0.15, 0.2) is 59.4 Å². The third kappa shape index (κ3) is 6.80. The van der Waals surface area contributed by atoms with Crippen LogP contribution in [0.2, 0.25) is 0 Å². The Balaban J connectivity index is 1.87. The van der Waals surface area contributed by atoms with Crippen molar-refractivity contribution in [2.45, 2.75) is 33.2 Å². The van der Waals surface area contributed by atoms with E-state index in [2.05, 4.69) is 10.6 Å². The molecule has 35 heavy (non-hydrogen) atoms. The Kier molecular flexibility index (Phi) is 8.04. The molecule has 0 saturated heterocycles. The van der Waals surface area contributed by atoms with Gasteiger partial charge >= 0.3 is 5.97 Å². The minimum atomic E-state index is -1.19. The third-order valence-electron chi connectivity index (χ3n) is 4.97. The molecule has 0 aliphatic carbocycles. The normalized spacial score (nSPS) is 10.6. The molecule has 0 saturated carbocycles. The summed E-state index contributed by atoms with van der Waals surface area (Å²) in [5.74, 6) is -1.90. The van der Waals surface area contributed by atoms with Crippen molar-refractivity contribution < 1.29 is 33.4 Å². The fourth-order valence-electron chi connectivity index (χ4n) is 3.29. The summed E-state index contributed by atoms with van der Waals surface area (Å²) in [5, 5.41) is 15.0. The van der Waals surface area contributed by atoms with Crippen molar-refractivity contribution in [3.05, 3.63) is 71.7 Å². The molecule has 0 atom stereocenters. The molecule has 3 rings (SSSR count). The SMILES string of the molecule is CC(=O)c1ccc(OCCC(=O)NC(C)C)c(NC(=O)c2cc(C(=O)O)cc(-c3ccoc3)c2)c1. The number of ketones is 1. The van der Waals surface area contributed by atoms with Gasteiger partial charge in [0.15, 0.2) is 5.78 Å². The van der Waals surface area contributed by atoms with Gasteiger partial charge in [-0.2, -0.15) is 0 Å². The highest BCUT2D eigenvalue weighted by Gasteiger charge is 2.17. The molecule has 0 aliphatic rings. The lowest BCUT2D eigenvalue weighted by Gasteiger charge is -2.15. The molecule has 1 aromatic heterocycles. The summed E-state index contributed by atoms with van der Waals surface area (Å²) >= 11 is 0. The van der Waals surface area contributed by atoms with Crippen LogP contribution in [-0.2, 0) is 4.79 Å². The second kappa shape index (κ2) is 11.1. The van der Waals surface area contributed by atoms with Gasteiger partial charge in [0.25, 0.3) is 5.91 Å². The average molecular weight is 479 g/mol. The highest BCUT2D eigenvalue weighted by Crippen LogP contribution is 2.28. The predicted molar refractivity (Wildman–Crippen MR) is 129 cm³/mol. The maximum absolute atomic E-state index is 13.1. The lowest BCUT2D eigenvalue weighted by atomic mass is 10.0. The number of carboxylic acids is 1. The van der Waals surface area contributed by atoms with Crippen LogP contribution in [0.5, 0.6) is 5.75 Å². The first-order valence-corrected chi connectivity index (χ1v) is 10.9. The van der Waals surface area contributed by atoms with Gasteiger partial charge in [-0.3, -0.25) is 14.4 Å². The van der Waals surface area contributed by atoms with E-state index in [0.717, 1.165) is 0 Å². The van der Waals surface area contributed by atoms with Crippen molar-refractivity contribution in [3.8, 4) is 16.9 Å². The first-order valence-electron chi connectivity index (χ1n) is 10.9. The van der Waals surface area contributed by atoms with Crippen molar-refractivity contribution in [3.63, 3.8) is 0 Å². The minimum Gasteiger partial charge on any atom is -0.491 e. The van der Waals surface area contributed by atoms with E-state index < -0.39 is 11.9 Å². The van der Waals surface area contributed by atoms with Gasteiger partial charge in [0.05, 0.1) is 36.8 Å². The number of rotatable bonds is 10. The monoisotopic (exact) mass is 478 g/mol. The first-order chi connectivity index (χ1) is 16.6. The Labute approximate surface area is 202 Å². The lowest BCUT2D eigenvalue weighted by molar-refractivity contribution is -0.122. The molecule has 9 nitrogen and oxygen atoms in total. The zero-order valence-corrected chi connectivity index (χ0v) is 19.6. The Bertz CT molecular complexity index is 1250. The van der Waals surface area contributed by atoms with Gasteiger partial charge in [0.2, 0.25) is 5.91 Å². The molecular formula is C26H26N2O7. The molecule has 0 radical (unpaired) electrons. The van der Waals surface area contributed by atoms with Crippen molar-refractivity contribution in [1.82, 2.24) is 5.32 Å². The highest BCUT2D eigenvalue weighted by molar-refractivity contribution is 6.08. The summed E-state index contributed by atoms with van der Waals surface area (Å²) < 4.78 is 10.8. The van der Waals surface area contributed by atoms with Crippen LogP contribution in [0.4, 0.5) is 5.69 Å². The Morgan fingerprint density at radius 2 is 1.71 bits per heavy atom. The number of benzene rings is 2. The summed E-state index contributed by atoms with van der Waals surface area (Å²) in [6.45, 7) is 5.15. The number of aromatic carboxylic acids is 1. The number of amides is 2. The van der Waals surface area contributed by atoms with Gasteiger partial charge in [-0.05, 0) is 68.8 Å². The minimum absolute atomic E-state index is 0.000653.